The maximum atomic E-state index is 12.5. The smallest absolute Gasteiger partial charge is 0.274 e. The molecule has 140 valence electrons. The van der Waals surface area contributed by atoms with E-state index in [9.17, 15) is 4.79 Å². The van der Waals surface area contributed by atoms with Crippen molar-refractivity contribution in [1.82, 2.24) is 19.8 Å². The summed E-state index contributed by atoms with van der Waals surface area (Å²) in [5, 5.41) is 9.78. The second-order valence-electron chi connectivity index (χ2n) is 6.21. The van der Waals surface area contributed by atoms with Gasteiger partial charge in [0.05, 0.1) is 25.0 Å². The van der Waals surface area contributed by atoms with Gasteiger partial charge < -0.3 is 10.7 Å². The fourth-order valence-electron chi connectivity index (χ4n) is 2.65. The second-order valence-corrected chi connectivity index (χ2v) is 8.69. The Bertz CT molecular complexity index is 729. The summed E-state index contributed by atoms with van der Waals surface area (Å²) in [5.74, 6) is 7.52. The van der Waals surface area contributed by atoms with Crippen molar-refractivity contribution in [2.45, 2.75) is 29.4 Å². The summed E-state index contributed by atoms with van der Waals surface area (Å²) in [6.45, 7) is 7.21. The molecule has 0 atom stereocenters. The molecule has 0 aliphatic carbocycles. The monoisotopic (exact) mass is 394 g/mol. The highest BCUT2D eigenvalue weighted by Crippen LogP contribution is 2.24. The van der Waals surface area contributed by atoms with E-state index in [1.165, 1.54) is 16.4 Å². The van der Waals surface area contributed by atoms with Crippen LogP contribution in [-0.2, 0) is 4.79 Å². The van der Waals surface area contributed by atoms with Gasteiger partial charge in [0.2, 0.25) is 16.2 Å². The van der Waals surface area contributed by atoms with Crippen LogP contribution in [0, 0.1) is 0 Å². The molecule has 3 rings (SSSR count). The van der Waals surface area contributed by atoms with E-state index in [2.05, 4.69) is 33.9 Å². The van der Waals surface area contributed by atoms with Crippen LogP contribution in [0.5, 0.6) is 0 Å². The predicted molar refractivity (Wildman–Crippen MR) is 104 cm³/mol. The second kappa shape index (κ2) is 8.63. The van der Waals surface area contributed by atoms with E-state index in [4.69, 9.17) is 5.84 Å². The van der Waals surface area contributed by atoms with Crippen LogP contribution >= 0.6 is 23.5 Å². The Kier molecular flexibility index (Phi) is 6.25. The van der Waals surface area contributed by atoms with Gasteiger partial charge in [-0.15, -0.1) is 10.2 Å². The van der Waals surface area contributed by atoms with Crippen molar-refractivity contribution < 1.29 is 9.78 Å². The van der Waals surface area contributed by atoms with Gasteiger partial charge in [0.1, 0.15) is 13.1 Å². The zero-order valence-electron chi connectivity index (χ0n) is 15.0. The molecule has 1 aliphatic rings. The van der Waals surface area contributed by atoms with Gasteiger partial charge in [-0.25, -0.2) is 9.66 Å². The van der Waals surface area contributed by atoms with Crippen molar-refractivity contribution >= 4 is 35.2 Å². The van der Waals surface area contributed by atoms with Crippen molar-refractivity contribution in [1.29, 1.82) is 0 Å². The number of nitrogens with zero attached hydrogens (tertiary/aromatic N) is 5. The number of nitrogens with two attached hydrogens (primary N) is 1. The van der Waals surface area contributed by atoms with Crippen LogP contribution in [0.1, 0.15) is 13.8 Å². The molecule has 0 saturated carbocycles. The Hall–Kier alpha value is -1.94. The van der Waals surface area contributed by atoms with Crippen LogP contribution < -0.4 is 15.7 Å². The van der Waals surface area contributed by atoms with E-state index in [0.717, 1.165) is 18.9 Å². The predicted octanol–water partition coefficient (Wildman–Crippen LogP) is 0.747. The Morgan fingerprint density at radius 1 is 1.23 bits per heavy atom. The van der Waals surface area contributed by atoms with Crippen molar-refractivity contribution in [3.63, 3.8) is 0 Å². The fraction of sp³-hybridized carbons (Fsp3) is 0.500. The first kappa shape index (κ1) is 18.8. The zero-order chi connectivity index (χ0) is 18.5. The number of H-pyrrole nitrogens is 1. The minimum absolute atomic E-state index is 0.104. The third kappa shape index (κ3) is 4.61. The number of pyridine rings is 1. The molecule has 1 amide bonds. The van der Waals surface area contributed by atoms with E-state index in [-0.39, 0.29) is 5.91 Å². The van der Waals surface area contributed by atoms with Crippen LogP contribution in [0.25, 0.3) is 0 Å². The first-order valence-corrected chi connectivity index (χ1v) is 10.4. The number of carbonyl (C=O) groups excluding carboxylic acids is 1. The molecular formula is C16H24N7OS2+. The topological polar surface area (TPSA) is 94.4 Å². The SMILES string of the molecule is CC(C)Sc1nnc(SCC(=O)N2CCN(c3cccc[nH+]3)CC2)n1N. The third-order valence-corrected chi connectivity index (χ3v) is 5.85. The molecule has 1 fully saturated rings. The number of nitrogens with one attached hydrogen (secondary N) is 1. The summed E-state index contributed by atoms with van der Waals surface area (Å²) >= 11 is 2.89. The van der Waals surface area contributed by atoms with Gasteiger partial charge in [-0.05, 0) is 6.07 Å². The summed E-state index contributed by atoms with van der Waals surface area (Å²) in [6.07, 6.45) is 1.91. The number of aromatic nitrogens is 4. The number of rotatable bonds is 6. The lowest BCUT2D eigenvalue weighted by molar-refractivity contribution is -0.364. The van der Waals surface area contributed by atoms with E-state index in [0.29, 0.717) is 34.4 Å². The number of piperazine rings is 1. The van der Waals surface area contributed by atoms with Gasteiger partial charge in [0, 0.05) is 11.3 Å². The van der Waals surface area contributed by atoms with Crippen LogP contribution in [0.4, 0.5) is 5.82 Å². The maximum absolute atomic E-state index is 12.5. The molecule has 2 aromatic heterocycles. The Morgan fingerprint density at radius 2 is 1.96 bits per heavy atom. The van der Waals surface area contributed by atoms with Crippen LogP contribution in [0.2, 0.25) is 0 Å². The standard InChI is InChI=1S/C16H23N7OS2/c1-12(2)26-16-20-19-15(23(16)17)25-11-14(24)22-9-7-21(8-10-22)13-5-3-4-6-18-13/h3-6,12H,7-11,17H2,1-2H3/p+1. The van der Waals surface area contributed by atoms with Gasteiger partial charge in [-0.2, -0.15) is 0 Å². The lowest BCUT2D eigenvalue weighted by Gasteiger charge is -2.30. The summed E-state index contributed by atoms with van der Waals surface area (Å²) < 4.78 is 1.46. The number of anilines is 1. The minimum atomic E-state index is 0.104. The first-order valence-electron chi connectivity index (χ1n) is 8.54. The highest BCUT2D eigenvalue weighted by molar-refractivity contribution is 8.00. The average molecular weight is 395 g/mol. The minimum Gasteiger partial charge on any atom is -0.335 e. The Labute approximate surface area is 161 Å². The normalized spacial score (nSPS) is 14.9. The molecule has 0 radical (unpaired) electrons. The van der Waals surface area contributed by atoms with E-state index in [1.807, 2.05) is 29.3 Å². The molecule has 1 aliphatic heterocycles. The summed E-state index contributed by atoms with van der Waals surface area (Å²) in [7, 11) is 0. The van der Waals surface area contributed by atoms with Crippen molar-refractivity contribution in [2.75, 3.05) is 42.7 Å². The van der Waals surface area contributed by atoms with Crippen molar-refractivity contribution in [3.05, 3.63) is 24.4 Å². The molecule has 0 bridgehead atoms. The van der Waals surface area contributed by atoms with Gasteiger partial charge in [0.25, 0.3) is 5.82 Å². The lowest BCUT2D eigenvalue weighted by Crippen LogP contribution is -2.50. The molecule has 0 aromatic carbocycles. The molecule has 0 spiro atoms. The van der Waals surface area contributed by atoms with Gasteiger partial charge >= 0.3 is 0 Å². The van der Waals surface area contributed by atoms with Gasteiger partial charge in [-0.1, -0.05) is 43.4 Å². The molecule has 0 unspecified atom stereocenters. The zero-order valence-corrected chi connectivity index (χ0v) is 16.6. The van der Waals surface area contributed by atoms with Crippen molar-refractivity contribution in [3.8, 4) is 0 Å². The summed E-state index contributed by atoms with van der Waals surface area (Å²) in [4.78, 5) is 19.9. The number of carbonyl (C=O) groups is 1. The highest BCUT2D eigenvalue weighted by Gasteiger charge is 2.26. The molecule has 26 heavy (non-hydrogen) atoms. The average Bonchev–Trinajstić information content (AvgIpc) is 3.00. The number of aromatic amines is 1. The lowest BCUT2D eigenvalue weighted by atomic mass is 10.3. The molecule has 8 nitrogen and oxygen atoms in total. The van der Waals surface area contributed by atoms with Crippen LogP contribution in [0.3, 0.4) is 0 Å². The molecular weight excluding hydrogens is 370 g/mol. The third-order valence-electron chi connectivity index (χ3n) is 3.96. The molecule has 3 heterocycles. The van der Waals surface area contributed by atoms with E-state index >= 15 is 0 Å². The largest absolute Gasteiger partial charge is 0.335 e. The van der Waals surface area contributed by atoms with Crippen molar-refractivity contribution in [2.24, 2.45) is 0 Å². The molecule has 2 aromatic rings. The number of nitrogen functional groups attached to an aromatic ring is 1. The summed E-state index contributed by atoms with van der Waals surface area (Å²) in [6, 6.07) is 6.02. The van der Waals surface area contributed by atoms with Gasteiger partial charge in [0.15, 0.2) is 0 Å². The molecule has 10 heteroatoms. The quantitative estimate of drug-likeness (QED) is 0.571. The highest BCUT2D eigenvalue weighted by atomic mass is 32.2. The molecule has 3 N–H and O–H groups in total. The number of hydrogen-bond donors (Lipinski definition) is 1. The summed E-state index contributed by atoms with van der Waals surface area (Å²) in [5.41, 5.74) is 0. The van der Waals surface area contributed by atoms with E-state index in [1.54, 1.807) is 11.8 Å². The van der Waals surface area contributed by atoms with Gasteiger partial charge in [-0.3, -0.25) is 9.69 Å². The fourth-order valence-corrected chi connectivity index (χ4v) is 4.17. The Morgan fingerprint density at radius 3 is 2.62 bits per heavy atom. The maximum Gasteiger partial charge on any atom is 0.274 e. The number of thioether (sulfide) groups is 2. The number of hydrogen-bond acceptors (Lipinski definition) is 7. The number of amides is 1. The van der Waals surface area contributed by atoms with Crippen LogP contribution in [-0.4, -0.2) is 62.9 Å². The molecule has 1 saturated heterocycles. The van der Waals surface area contributed by atoms with Crippen LogP contribution in [0.15, 0.2) is 34.7 Å². The first-order chi connectivity index (χ1) is 12.5. The van der Waals surface area contributed by atoms with E-state index < -0.39 is 0 Å². The Balaban J connectivity index is 1.48.